The third-order valence-electron chi connectivity index (χ3n) is 12.3. The van der Waals surface area contributed by atoms with Crippen LogP contribution in [0.1, 0.15) is 77.0 Å². The summed E-state index contributed by atoms with van der Waals surface area (Å²) in [5.41, 5.74) is 0.732. The fourth-order valence-corrected chi connectivity index (χ4v) is 9.62. The van der Waals surface area contributed by atoms with Gasteiger partial charge in [-0.25, -0.2) is 4.39 Å². The van der Waals surface area contributed by atoms with E-state index in [-0.39, 0.29) is 41.5 Å². The highest BCUT2D eigenvalue weighted by molar-refractivity contribution is 7.81. The van der Waals surface area contributed by atoms with Gasteiger partial charge in [-0.05, 0) is 122 Å². The van der Waals surface area contributed by atoms with Crippen molar-refractivity contribution in [1.29, 1.82) is 5.26 Å². The van der Waals surface area contributed by atoms with Gasteiger partial charge >= 0.3 is 6.18 Å². The molecule has 2 atom stereocenters. The molecule has 0 radical (unpaired) electrons. The van der Waals surface area contributed by atoms with Gasteiger partial charge in [-0.3, -0.25) is 29.1 Å². The van der Waals surface area contributed by atoms with Gasteiger partial charge in [-0.1, -0.05) is 63.2 Å². The van der Waals surface area contributed by atoms with Crippen molar-refractivity contribution in [1.82, 2.24) is 20.5 Å². The number of halogens is 4. The molecule has 4 amide bonds. The molecule has 1 aromatic heterocycles. The number of thiocarbonyl (C=S) groups is 1. The van der Waals surface area contributed by atoms with Crippen LogP contribution in [0.2, 0.25) is 0 Å². The van der Waals surface area contributed by atoms with Crippen LogP contribution in [0.5, 0.6) is 5.75 Å². The Labute approximate surface area is 418 Å². The van der Waals surface area contributed by atoms with Crippen molar-refractivity contribution >= 4 is 63.7 Å². The van der Waals surface area contributed by atoms with Crippen LogP contribution in [0, 0.1) is 22.6 Å². The highest BCUT2D eigenvalue weighted by atomic mass is 32.1. The molecule has 3 heterocycles. The number of likely N-dealkylation sites (tertiary alicyclic amines) is 1. The minimum Gasteiger partial charge on any atom is -0.494 e. The number of carbonyl (C=O) groups excluding carboxylic acids is 4. The standard InChI is InChI=1S/C52H53F4N7O6S2/c1-50(2,3)45(47(66)61-22-8-9-42(61)46(65)59-28-32-10-12-34(13-11-32)43-29-58-31-71-43)60-44(64)30-68-23-6-7-24-69-38-19-15-33(16-20-38)35-17-21-41(40(53)25-35)63-49(70)62(48(67)51(63,4)5)37-18-14-36(27-57)39(26-37)52(54,55)56/h10-21,25-26,29,31,42,45H,6-9,22-24,28,30H2,1-5H3,(H,59,65)(H,60,64)/t42-,45?/m0/s1. The van der Waals surface area contributed by atoms with Crippen molar-refractivity contribution in [3.63, 3.8) is 0 Å². The summed E-state index contributed by atoms with van der Waals surface area (Å²) in [6.45, 7) is 9.67. The maximum atomic E-state index is 15.9. The number of benzene rings is 4. The molecule has 2 fully saturated rings. The van der Waals surface area contributed by atoms with Gasteiger partial charge in [0.05, 0.1) is 45.6 Å². The van der Waals surface area contributed by atoms with Gasteiger partial charge in [0.15, 0.2) is 5.11 Å². The summed E-state index contributed by atoms with van der Waals surface area (Å²) in [4.78, 5) is 62.9. The molecule has 13 nitrogen and oxygen atoms in total. The van der Waals surface area contributed by atoms with E-state index in [0.29, 0.717) is 68.3 Å². The number of thiazole rings is 1. The van der Waals surface area contributed by atoms with E-state index < -0.39 is 58.0 Å². The Morgan fingerprint density at radius 2 is 1.65 bits per heavy atom. The van der Waals surface area contributed by atoms with Crippen molar-refractivity contribution in [2.45, 2.75) is 90.6 Å². The number of alkyl halides is 3. The molecule has 7 rings (SSSR count). The van der Waals surface area contributed by atoms with Crippen LogP contribution in [0.3, 0.4) is 0 Å². The van der Waals surface area contributed by atoms with Crippen LogP contribution in [-0.2, 0) is 36.6 Å². The van der Waals surface area contributed by atoms with Crippen molar-refractivity contribution < 1.29 is 46.2 Å². The van der Waals surface area contributed by atoms with Crippen LogP contribution < -0.4 is 25.2 Å². The van der Waals surface area contributed by atoms with Gasteiger partial charge in [-0.2, -0.15) is 18.4 Å². The molecule has 2 saturated heterocycles. The Balaban J connectivity index is 0.846. The Kier molecular flexibility index (Phi) is 15.9. The van der Waals surface area contributed by atoms with Crippen LogP contribution in [0.15, 0.2) is 96.6 Å². The van der Waals surface area contributed by atoms with Gasteiger partial charge < -0.3 is 29.9 Å². The predicted molar refractivity (Wildman–Crippen MR) is 266 cm³/mol. The monoisotopic (exact) mass is 1010 g/mol. The number of nitrogens with zero attached hydrogens (tertiary/aromatic N) is 5. The summed E-state index contributed by atoms with van der Waals surface area (Å²) in [5, 5.41) is 14.8. The Morgan fingerprint density at radius 1 is 0.958 bits per heavy atom. The third kappa shape index (κ3) is 11.9. The van der Waals surface area contributed by atoms with E-state index >= 15 is 4.39 Å². The molecule has 5 aromatic rings. The largest absolute Gasteiger partial charge is 0.494 e. The lowest BCUT2D eigenvalue weighted by atomic mass is 9.85. The molecule has 4 aromatic carbocycles. The lowest BCUT2D eigenvalue weighted by Crippen LogP contribution is -2.58. The lowest BCUT2D eigenvalue weighted by molar-refractivity contribution is -0.144. The zero-order valence-electron chi connectivity index (χ0n) is 39.8. The van der Waals surface area contributed by atoms with Crippen LogP contribution in [0.25, 0.3) is 21.6 Å². The van der Waals surface area contributed by atoms with E-state index in [0.717, 1.165) is 27.0 Å². The number of carbonyl (C=O) groups is 4. The number of hydrogen-bond acceptors (Lipinski definition) is 10. The fraction of sp³-hybridized carbons (Fsp3) is 0.365. The van der Waals surface area contributed by atoms with Gasteiger partial charge in [0, 0.05) is 25.9 Å². The van der Waals surface area contributed by atoms with E-state index in [1.54, 1.807) is 52.1 Å². The number of ether oxygens (including phenoxy) is 2. The first-order valence-electron chi connectivity index (χ1n) is 22.9. The van der Waals surface area contributed by atoms with Gasteiger partial charge in [0.2, 0.25) is 17.7 Å². The summed E-state index contributed by atoms with van der Waals surface area (Å²) in [6, 6.07) is 22.1. The number of hydrogen-bond donors (Lipinski definition) is 2. The molecular formula is C52H53F4N7O6S2. The maximum Gasteiger partial charge on any atom is 0.417 e. The molecule has 2 N–H and O–H groups in total. The number of anilines is 2. The van der Waals surface area contributed by atoms with E-state index in [1.807, 2.05) is 51.2 Å². The highest BCUT2D eigenvalue weighted by Crippen LogP contribution is 2.41. The molecule has 71 heavy (non-hydrogen) atoms. The van der Waals surface area contributed by atoms with Gasteiger partial charge in [0.1, 0.15) is 35.8 Å². The first-order chi connectivity index (χ1) is 33.7. The number of amides is 4. The molecule has 1 unspecified atom stereocenters. The van der Waals surface area contributed by atoms with Crippen molar-refractivity contribution in [3.8, 4) is 33.4 Å². The average Bonchev–Trinajstić information content (AvgIpc) is 4.09. The number of rotatable bonds is 17. The second-order valence-electron chi connectivity index (χ2n) is 18.8. The number of aromatic nitrogens is 1. The van der Waals surface area contributed by atoms with Gasteiger partial charge in [-0.15, -0.1) is 11.3 Å². The van der Waals surface area contributed by atoms with E-state index in [2.05, 4.69) is 15.6 Å². The Morgan fingerprint density at radius 3 is 2.30 bits per heavy atom. The van der Waals surface area contributed by atoms with Gasteiger partial charge in [0.25, 0.3) is 5.91 Å². The number of unbranched alkanes of at least 4 members (excludes halogenated alkanes) is 1. The molecular weight excluding hydrogens is 959 g/mol. The van der Waals surface area contributed by atoms with Crippen LogP contribution >= 0.6 is 23.6 Å². The molecule has 19 heteroatoms. The molecule has 0 spiro atoms. The predicted octanol–water partition coefficient (Wildman–Crippen LogP) is 9.44. The summed E-state index contributed by atoms with van der Waals surface area (Å²) in [5.74, 6) is -1.82. The van der Waals surface area contributed by atoms with E-state index in [4.69, 9.17) is 21.7 Å². The average molecular weight is 1010 g/mol. The zero-order chi connectivity index (χ0) is 51.3. The van der Waals surface area contributed by atoms with Crippen LogP contribution in [0.4, 0.5) is 28.9 Å². The minimum atomic E-state index is -4.86. The topological polar surface area (TPSA) is 157 Å². The Hall–Kier alpha value is -6.75. The van der Waals surface area contributed by atoms with E-state index in [1.165, 1.54) is 43.0 Å². The van der Waals surface area contributed by atoms with E-state index in [9.17, 15) is 37.6 Å². The molecule has 2 aliphatic heterocycles. The fourth-order valence-electron chi connectivity index (χ4n) is 8.48. The molecule has 0 saturated carbocycles. The molecule has 0 aliphatic carbocycles. The smallest absolute Gasteiger partial charge is 0.417 e. The molecule has 372 valence electrons. The van der Waals surface area contributed by atoms with Crippen molar-refractivity contribution in [2.75, 3.05) is 36.2 Å². The summed E-state index contributed by atoms with van der Waals surface area (Å²) in [6.07, 6.45) is -0.665. The first kappa shape index (κ1) is 52.1. The number of nitrogens with one attached hydrogen (secondary N) is 2. The van der Waals surface area contributed by atoms with Crippen molar-refractivity contribution in [2.24, 2.45) is 5.41 Å². The SMILES string of the molecule is CC(C)(C)C(NC(=O)COCCCCOc1ccc(-c2ccc(N3C(=S)N(c4ccc(C#N)c(C(F)(F)F)c4)C(=O)C3(C)C)c(F)c2)cc1)C(=O)N1CCC[C@H]1C(=O)NCc1ccc(-c2cncs2)cc1. The maximum absolute atomic E-state index is 15.9. The zero-order valence-corrected chi connectivity index (χ0v) is 41.4. The third-order valence-corrected chi connectivity index (χ3v) is 13.5. The molecule has 0 bridgehead atoms. The second-order valence-corrected chi connectivity index (χ2v) is 20.0. The number of nitriles is 1. The Bertz CT molecular complexity index is 2810. The van der Waals surface area contributed by atoms with Crippen molar-refractivity contribution in [3.05, 3.63) is 119 Å². The normalized spacial score (nSPS) is 16.2. The quantitative estimate of drug-likeness (QED) is 0.0523. The lowest BCUT2D eigenvalue weighted by Gasteiger charge is -2.35. The second kappa shape index (κ2) is 21.7. The summed E-state index contributed by atoms with van der Waals surface area (Å²) < 4.78 is 68.8. The summed E-state index contributed by atoms with van der Waals surface area (Å²) in [7, 11) is 0. The highest BCUT2D eigenvalue weighted by Gasteiger charge is 2.51. The minimum absolute atomic E-state index is 0.0471. The van der Waals surface area contributed by atoms with Crippen LogP contribution in [-0.4, -0.2) is 82.6 Å². The summed E-state index contributed by atoms with van der Waals surface area (Å²) >= 11 is 7.12. The molecule has 2 aliphatic rings. The first-order valence-corrected chi connectivity index (χ1v) is 24.2.